The second kappa shape index (κ2) is 11.9. The Morgan fingerprint density at radius 2 is 1.65 bits per heavy atom. The molecule has 2 aliphatic heterocycles. The molecule has 200 valence electrons. The monoisotopic (exact) mass is 585 g/mol. The molecule has 2 aromatic carbocycles. The predicted octanol–water partition coefficient (Wildman–Crippen LogP) is 4.66. The number of benzene rings is 2. The molecule has 4 rings (SSSR count). The summed E-state index contributed by atoms with van der Waals surface area (Å²) in [6.45, 7) is 2.88. The Balaban J connectivity index is 1.55. The van der Waals surface area contributed by atoms with Gasteiger partial charge in [0.15, 0.2) is 0 Å². The molecule has 0 aromatic heterocycles. The average Bonchev–Trinajstić information content (AvgIpc) is 2.90. The molecule has 7 nitrogen and oxygen atoms in total. The molecule has 2 amide bonds. The van der Waals surface area contributed by atoms with Crippen LogP contribution in [0.25, 0.3) is 0 Å². The second-order valence-electron chi connectivity index (χ2n) is 9.59. The first-order valence-corrected chi connectivity index (χ1v) is 15.0. The summed E-state index contributed by atoms with van der Waals surface area (Å²) >= 11 is 18.3. The van der Waals surface area contributed by atoms with Crippen LogP contribution in [0.15, 0.2) is 42.5 Å². The standard InChI is InChI=1S/C26H30Cl3N3O4S/c1-17(33)31-11-8-21(9-12-31)37(35,36)32-13-10-25(22(16-32)20-6-7-23(28)24(29)14-20)30-26(34)19-4-2-18(15-27)3-5-19/h2-7,14,21-22,25H,8-13,15-16H2,1H3,(H,30,34). The van der Waals surface area contributed by atoms with Crippen molar-refractivity contribution < 1.29 is 18.0 Å². The minimum atomic E-state index is -3.59. The molecule has 2 aromatic rings. The van der Waals surface area contributed by atoms with Crippen molar-refractivity contribution in [1.29, 1.82) is 0 Å². The van der Waals surface area contributed by atoms with E-state index in [4.69, 9.17) is 34.8 Å². The van der Waals surface area contributed by atoms with Gasteiger partial charge in [-0.3, -0.25) is 9.59 Å². The number of alkyl halides is 1. The number of sulfonamides is 1. The van der Waals surface area contributed by atoms with Gasteiger partial charge in [-0.05, 0) is 54.7 Å². The molecular weight excluding hydrogens is 557 g/mol. The number of carbonyl (C=O) groups is 2. The number of rotatable bonds is 6. The van der Waals surface area contributed by atoms with Crippen molar-refractivity contribution in [3.63, 3.8) is 0 Å². The summed E-state index contributed by atoms with van der Waals surface area (Å²) in [4.78, 5) is 26.4. The zero-order valence-corrected chi connectivity index (χ0v) is 23.6. The zero-order valence-electron chi connectivity index (χ0n) is 20.5. The molecule has 1 N–H and O–H groups in total. The van der Waals surface area contributed by atoms with Crippen LogP contribution in [-0.2, 0) is 20.7 Å². The van der Waals surface area contributed by atoms with Gasteiger partial charge in [0.05, 0.1) is 15.3 Å². The molecule has 2 unspecified atom stereocenters. The smallest absolute Gasteiger partial charge is 0.251 e. The van der Waals surface area contributed by atoms with E-state index in [1.165, 1.54) is 11.2 Å². The fourth-order valence-electron chi connectivity index (χ4n) is 5.08. The minimum Gasteiger partial charge on any atom is -0.349 e. The molecular formula is C26H30Cl3N3O4S. The minimum absolute atomic E-state index is 0.0376. The Bertz CT molecular complexity index is 1250. The van der Waals surface area contributed by atoms with Crippen molar-refractivity contribution in [2.45, 2.75) is 49.3 Å². The van der Waals surface area contributed by atoms with Crippen molar-refractivity contribution in [3.05, 3.63) is 69.2 Å². The lowest BCUT2D eigenvalue weighted by Gasteiger charge is -2.41. The van der Waals surface area contributed by atoms with Crippen LogP contribution in [0.3, 0.4) is 0 Å². The topological polar surface area (TPSA) is 86.8 Å². The maximum atomic E-state index is 13.6. The van der Waals surface area contributed by atoms with Gasteiger partial charge in [0.2, 0.25) is 15.9 Å². The zero-order chi connectivity index (χ0) is 26.7. The predicted molar refractivity (Wildman–Crippen MR) is 147 cm³/mol. The Hall–Kier alpha value is -1.84. The van der Waals surface area contributed by atoms with Crippen LogP contribution in [0.4, 0.5) is 0 Å². The van der Waals surface area contributed by atoms with Gasteiger partial charge in [0, 0.05) is 56.5 Å². The highest BCUT2D eigenvalue weighted by molar-refractivity contribution is 7.89. The lowest BCUT2D eigenvalue weighted by Crippen LogP contribution is -2.54. The Morgan fingerprint density at radius 3 is 2.24 bits per heavy atom. The van der Waals surface area contributed by atoms with Crippen molar-refractivity contribution in [1.82, 2.24) is 14.5 Å². The number of piperidine rings is 2. The molecule has 0 aliphatic carbocycles. The van der Waals surface area contributed by atoms with E-state index in [1.54, 1.807) is 29.2 Å². The molecule has 2 atom stereocenters. The third-order valence-electron chi connectivity index (χ3n) is 7.30. The van der Waals surface area contributed by atoms with Crippen LogP contribution in [0.5, 0.6) is 0 Å². The quantitative estimate of drug-likeness (QED) is 0.499. The van der Waals surface area contributed by atoms with E-state index in [0.717, 1.165) is 11.1 Å². The number of hydrogen-bond donors (Lipinski definition) is 1. The first-order chi connectivity index (χ1) is 17.6. The van der Waals surface area contributed by atoms with Crippen molar-refractivity contribution in [3.8, 4) is 0 Å². The van der Waals surface area contributed by atoms with E-state index in [1.807, 2.05) is 18.2 Å². The third-order valence-corrected chi connectivity index (χ3v) is 10.7. The van der Waals surface area contributed by atoms with Gasteiger partial charge in [-0.1, -0.05) is 41.4 Å². The first kappa shape index (κ1) is 28.2. The molecule has 2 heterocycles. The fraction of sp³-hybridized carbons (Fsp3) is 0.462. The van der Waals surface area contributed by atoms with Gasteiger partial charge in [0.25, 0.3) is 5.91 Å². The largest absolute Gasteiger partial charge is 0.349 e. The molecule has 0 bridgehead atoms. The number of amides is 2. The number of likely N-dealkylation sites (tertiary alicyclic amines) is 1. The van der Waals surface area contributed by atoms with E-state index in [-0.39, 0.29) is 30.3 Å². The van der Waals surface area contributed by atoms with Gasteiger partial charge in [-0.15, -0.1) is 11.6 Å². The van der Waals surface area contributed by atoms with Gasteiger partial charge in [-0.2, -0.15) is 0 Å². The van der Waals surface area contributed by atoms with E-state index in [2.05, 4.69) is 5.32 Å². The number of carbonyl (C=O) groups excluding carboxylic acids is 2. The Labute approximate surface area is 233 Å². The van der Waals surface area contributed by atoms with Crippen LogP contribution in [-0.4, -0.2) is 66.9 Å². The molecule has 2 aliphatic rings. The lowest BCUT2D eigenvalue weighted by atomic mass is 9.86. The van der Waals surface area contributed by atoms with E-state index in [9.17, 15) is 18.0 Å². The van der Waals surface area contributed by atoms with E-state index in [0.29, 0.717) is 60.4 Å². The maximum Gasteiger partial charge on any atom is 0.251 e. The van der Waals surface area contributed by atoms with Crippen LogP contribution in [0.2, 0.25) is 10.0 Å². The van der Waals surface area contributed by atoms with Gasteiger partial charge in [0.1, 0.15) is 0 Å². The van der Waals surface area contributed by atoms with E-state index < -0.39 is 15.3 Å². The van der Waals surface area contributed by atoms with E-state index >= 15 is 0 Å². The molecule has 0 radical (unpaired) electrons. The van der Waals surface area contributed by atoms with Crippen molar-refractivity contribution in [2.75, 3.05) is 26.2 Å². The Morgan fingerprint density at radius 1 is 0.973 bits per heavy atom. The highest BCUT2D eigenvalue weighted by atomic mass is 35.5. The SMILES string of the molecule is CC(=O)N1CCC(S(=O)(=O)N2CCC(NC(=O)c3ccc(CCl)cc3)C(c3ccc(Cl)c(Cl)c3)C2)CC1. The van der Waals surface area contributed by atoms with Crippen molar-refractivity contribution in [2.24, 2.45) is 0 Å². The molecule has 37 heavy (non-hydrogen) atoms. The number of nitrogens with one attached hydrogen (secondary N) is 1. The Kier molecular flexibility index (Phi) is 9.07. The van der Waals surface area contributed by atoms with Gasteiger partial charge >= 0.3 is 0 Å². The van der Waals surface area contributed by atoms with Crippen LogP contribution < -0.4 is 5.32 Å². The van der Waals surface area contributed by atoms with Crippen LogP contribution in [0, 0.1) is 0 Å². The third kappa shape index (κ3) is 6.42. The number of halogens is 3. The highest BCUT2D eigenvalue weighted by Gasteiger charge is 2.41. The summed E-state index contributed by atoms with van der Waals surface area (Å²) in [5.74, 6) is -0.225. The summed E-state index contributed by atoms with van der Waals surface area (Å²) in [7, 11) is -3.59. The first-order valence-electron chi connectivity index (χ1n) is 12.3. The summed E-state index contributed by atoms with van der Waals surface area (Å²) in [6.07, 6.45) is 1.27. The summed E-state index contributed by atoms with van der Waals surface area (Å²) in [6, 6.07) is 12.0. The van der Waals surface area contributed by atoms with Crippen LogP contribution in [0.1, 0.15) is 53.6 Å². The fourth-order valence-corrected chi connectivity index (χ4v) is 7.52. The van der Waals surface area contributed by atoms with Crippen LogP contribution >= 0.6 is 34.8 Å². The molecule has 11 heteroatoms. The normalized spacial score (nSPS) is 21.6. The summed E-state index contributed by atoms with van der Waals surface area (Å²) in [5, 5.41) is 3.35. The average molecular weight is 587 g/mol. The van der Waals surface area contributed by atoms with Gasteiger partial charge < -0.3 is 10.2 Å². The second-order valence-corrected chi connectivity index (χ2v) is 12.9. The molecule has 0 saturated carbocycles. The molecule has 0 spiro atoms. The van der Waals surface area contributed by atoms with Crippen molar-refractivity contribution >= 4 is 56.6 Å². The summed E-state index contributed by atoms with van der Waals surface area (Å²) in [5.41, 5.74) is 2.23. The number of hydrogen-bond acceptors (Lipinski definition) is 4. The maximum absolute atomic E-state index is 13.6. The summed E-state index contributed by atoms with van der Waals surface area (Å²) < 4.78 is 28.7. The van der Waals surface area contributed by atoms with Gasteiger partial charge in [-0.25, -0.2) is 12.7 Å². The molecule has 2 saturated heterocycles. The number of nitrogens with zero attached hydrogens (tertiary/aromatic N) is 2. The highest BCUT2D eigenvalue weighted by Crippen LogP contribution is 2.34. The lowest BCUT2D eigenvalue weighted by molar-refractivity contribution is -0.129. The molecule has 2 fully saturated rings.